The van der Waals surface area contributed by atoms with E-state index in [1.165, 1.54) is 17.2 Å². The number of fused-ring (bicyclic) bond motifs is 2. The second-order valence-corrected chi connectivity index (χ2v) is 5.08. The number of hydrogen-bond donors (Lipinski definition) is 0. The molecule has 2 atom stereocenters. The van der Waals surface area contributed by atoms with Gasteiger partial charge in [-0.15, -0.1) is 0 Å². The second kappa shape index (κ2) is 3.73. The Labute approximate surface area is 101 Å². The predicted molar refractivity (Wildman–Crippen MR) is 65.6 cm³/mol. The molecule has 0 saturated carbocycles. The Morgan fingerprint density at radius 1 is 1.35 bits per heavy atom. The Bertz CT molecular complexity index is 489. The summed E-state index contributed by atoms with van der Waals surface area (Å²) < 4.78 is 5.85. The van der Waals surface area contributed by atoms with Gasteiger partial charge in [0.1, 0.15) is 5.60 Å². The average molecular weight is 228 g/mol. The van der Waals surface area contributed by atoms with Crippen molar-refractivity contribution >= 4 is 5.78 Å². The Morgan fingerprint density at radius 3 is 3.00 bits per heavy atom. The molecule has 1 spiro atoms. The predicted octanol–water partition coefficient (Wildman–Crippen LogP) is 3.28. The van der Waals surface area contributed by atoms with Crippen molar-refractivity contribution in [2.45, 2.75) is 37.7 Å². The third-order valence-electron chi connectivity index (χ3n) is 3.97. The Balaban J connectivity index is 2.12. The summed E-state index contributed by atoms with van der Waals surface area (Å²) in [6.45, 7) is 2.24. The molecule has 1 aliphatic carbocycles. The molecule has 0 amide bonds. The van der Waals surface area contributed by atoms with E-state index in [4.69, 9.17) is 4.74 Å². The van der Waals surface area contributed by atoms with Crippen molar-refractivity contribution in [2.24, 2.45) is 0 Å². The summed E-state index contributed by atoms with van der Waals surface area (Å²) in [7, 11) is 0. The normalized spacial score (nSPS) is 31.1. The lowest BCUT2D eigenvalue weighted by atomic mass is 9.72. The molecular weight excluding hydrogens is 212 g/mol. The fourth-order valence-electron chi connectivity index (χ4n) is 3.01. The summed E-state index contributed by atoms with van der Waals surface area (Å²) in [6.07, 6.45) is 5.59. The first-order valence-electron chi connectivity index (χ1n) is 6.18. The molecule has 0 saturated heterocycles. The van der Waals surface area contributed by atoms with Gasteiger partial charge in [-0.3, -0.25) is 4.79 Å². The number of allylic oxidation sites excluding steroid dienone is 1. The molecule has 0 N–H and O–H groups in total. The standard InChI is InChI=1S/C15H16O2/c1-11-6-8-15(10-12(16)7-9-17-15)14-5-3-2-4-13(11)14/h2-5,7,9,11H,6,8,10H2,1H3. The van der Waals surface area contributed by atoms with E-state index in [1.807, 2.05) is 6.07 Å². The summed E-state index contributed by atoms with van der Waals surface area (Å²) >= 11 is 0. The fraction of sp³-hybridized carbons (Fsp3) is 0.400. The first-order chi connectivity index (χ1) is 8.21. The maximum atomic E-state index is 11.7. The van der Waals surface area contributed by atoms with E-state index < -0.39 is 5.60 Å². The van der Waals surface area contributed by atoms with Gasteiger partial charge in [-0.05, 0) is 29.9 Å². The Morgan fingerprint density at radius 2 is 2.18 bits per heavy atom. The number of benzene rings is 1. The minimum atomic E-state index is -0.394. The number of hydrogen-bond acceptors (Lipinski definition) is 2. The number of ketones is 1. The summed E-state index contributed by atoms with van der Waals surface area (Å²) in [5.41, 5.74) is 2.15. The van der Waals surface area contributed by atoms with Crippen molar-refractivity contribution < 1.29 is 9.53 Å². The molecule has 0 radical (unpaired) electrons. The molecule has 0 bridgehead atoms. The maximum absolute atomic E-state index is 11.7. The highest BCUT2D eigenvalue weighted by molar-refractivity contribution is 5.91. The van der Waals surface area contributed by atoms with Crippen LogP contribution in [0.25, 0.3) is 0 Å². The fourth-order valence-corrected chi connectivity index (χ4v) is 3.01. The van der Waals surface area contributed by atoms with E-state index in [9.17, 15) is 4.79 Å². The SMILES string of the molecule is CC1CCC2(CC(=O)C=CO2)c2ccccc21. The topological polar surface area (TPSA) is 26.3 Å². The molecule has 2 aliphatic rings. The van der Waals surface area contributed by atoms with Crippen LogP contribution in [0.1, 0.15) is 43.2 Å². The van der Waals surface area contributed by atoms with Crippen molar-refractivity contribution in [3.8, 4) is 0 Å². The molecule has 2 unspecified atom stereocenters. The van der Waals surface area contributed by atoms with Crippen molar-refractivity contribution in [1.29, 1.82) is 0 Å². The molecule has 1 aliphatic heterocycles. The molecule has 2 heteroatoms. The van der Waals surface area contributed by atoms with Gasteiger partial charge in [0.25, 0.3) is 0 Å². The van der Waals surface area contributed by atoms with Gasteiger partial charge in [-0.1, -0.05) is 31.2 Å². The highest BCUT2D eigenvalue weighted by Crippen LogP contribution is 2.46. The third kappa shape index (κ3) is 1.59. The first kappa shape index (κ1) is 10.6. The molecule has 1 aromatic carbocycles. The molecule has 1 aromatic rings. The zero-order valence-corrected chi connectivity index (χ0v) is 9.98. The Kier molecular flexibility index (Phi) is 2.32. The minimum absolute atomic E-state index is 0.167. The molecule has 0 fully saturated rings. The van der Waals surface area contributed by atoms with Crippen LogP contribution < -0.4 is 0 Å². The number of carbonyl (C=O) groups excluding carboxylic acids is 1. The van der Waals surface area contributed by atoms with Gasteiger partial charge in [0.2, 0.25) is 0 Å². The van der Waals surface area contributed by atoms with Crippen LogP contribution in [0.15, 0.2) is 36.6 Å². The molecule has 3 rings (SSSR count). The van der Waals surface area contributed by atoms with Crippen LogP contribution in [0.3, 0.4) is 0 Å². The summed E-state index contributed by atoms with van der Waals surface area (Å²) in [4.78, 5) is 11.7. The van der Waals surface area contributed by atoms with Crippen molar-refractivity contribution in [3.05, 3.63) is 47.7 Å². The monoisotopic (exact) mass is 228 g/mol. The summed E-state index contributed by atoms with van der Waals surface area (Å²) in [5, 5.41) is 0. The summed E-state index contributed by atoms with van der Waals surface area (Å²) in [5.74, 6) is 0.724. The van der Waals surface area contributed by atoms with Crippen LogP contribution in [0.4, 0.5) is 0 Å². The number of rotatable bonds is 0. The number of ether oxygens (including phenoxy) is 1. The molecule has 0 aromatic heterocycles. The van der Waals surface area contributed by atoms with E-state index in [-0.39, 0.29) is 5.78 Å². The van der Waals surface area contributed by atoms with E-state index in [1.54, 1.807) is 6.26 Å². The van der Waals surface area contributed by atoms with Crippen molar-refractivity contribution in [1.82, 2.24) is 0 Å². The zero-order valence-electron chi connectivity index (χ0n) is 9.98. The van der Waals surface area contributed by atoms with Gasteiger partial charge in [-0.2, -0.15) is 0 Å². The summed E-state index contributed by atoms with van der Waals surface area (Å²) in [6, 6.07) is 8.37. The van der Waals surface area contributed by atoms with Gasteiger partial charge in [0.05, 0.1) is 12.7 Å². The zero-order chi connectivity index (χ0) is 11.9. The lowest BCUT2D eigenvalue weighted by Crippen LogP contribution is -2.37. The van der Waals surface area contributed by atoms with E-state index >= 15 is 0 Å². The minimum Gasteiger partial charge on any atom is -0.490 e. The van der Waals surface area contributed by atoms with Gasteiger partial charge in [0.15, 0.2) is 5.78 Å². The Hall–Kier alpha value is -1.57. The molecule has 1 heterocycles. The molecule has 88 valence electrons. The quantitative estimate of drug-likeness (QED) is 0.681. The highest BCUT2D eigenvalue weighted by atomic mass is 16.5. The van der Waals surface area contributed by atoms with E-state index in [0.717, 1.165) is 12.8 Å². The number of carbonyl (C=O) groups is 1. The second-order valence-electron chi connectivity index (χ2n) is 5.08. The van der Waals surface area contributed by atoms with Gasteiger partial charge >= 0.3 is 0 Å². The van der Waals surface area contributed by atoms with Crippen LogP contribution in [0.2, 0.25) is 0 Å². The van der Waals surface area contributed by atoms with Gasteiger partial charge in [0, 0.05) is 6.08 Å². The maximum Gasteiger partial charge on any atom is 0.163 e. The highest BCUT2D eigenvalue weighted by Gasteiger charge is 2.42. The van der Waals surface area contributed by atoms with Crippen LogP contribution in [-0.4, -0.2) is 5.78 Å². The molecular formula is C15H16O2. The smallest absolute Gasteiger partial charge is 0.163 e. The third-order valence-corrected chi connectivity index (χ3v) is 3.97. The van der Waals surface area contributed by atoms with Gasteiger partial charge in [-0.25, -0.2) is 0 Å². The van der Waals surface area contributed by atoms with Crippen LogP contribution >= 0.6 is 0 Å². The molecule has 17 heavy (non-hydrogen) atoms. The van der Waals surface area contributed by atoms with E-state index in [2.05, 4.69) is 25.1 Å². The lowest BCUT2D eigenvalue weighted by Gasteiger charge is -2.41. The average Bonchev–Trinajstić information content (AvgIpc) is 2.35. The van der Waals surface area contributed by atoms with Gasteiger partial charge < -0.3 is 4.74 Å². The molecule has 2 nitrogen and oxygen atoms in total. The lowest BCUT2D eigenvalue weighted by molar-refractivity contribution is -0.124. The van der Waals surface area contributed by atoms with Crippen LogP contribution in [0.5, 0.6) is 0 Å². The van der Waals surface area contributed by atoms with Crippen LogP contribution in [0, 0.1) is 0 Å². The first-order valence-corrected chi connectivity index (χ1v) is 6.18. The van der Waals surface area contributed by atoms with E-state index in [0.29, 0.717) is 12.3 Å². The van der Waals surface area contributed by atoms with Crippen molar-refractivity contribution in [2.75, 3.05) is 0 Å². The van der Waals surface area contributed by atoms with Crippen LogP contribution in [-0.2, 0) is 15.1 Å². The van der Waals surface area contributed by atoms with Crippen molar-refractivity contribution in [3.63, 3.8) is 0 Å². The largest absolute Gasteiger partial charge is 0.490 e.